The van der Waals surface area contributed by atoms with E-state index in [-0.39, 0.29) is 5.82 Å². The molecule has 26 heavy (non-hydrogen) atoms. The van der Waals surface area contributed by atoms with Gasteiger partial charge in [0.2, 0.25) is 0 Å². The van der Waals surface area contributed by atoms with Crippen molar-refractivity contribution in [1.29, 1.82) is 0 Å². The normalized spacial score (nSPS) is 10.6. The van der Waals surface area contributed by atoms with Crippen molar-refractivity contribution in [2.75, 3.05) is 5.32 Å². The molecule has 0 saturated carbocycles. The van der Waals surface area contributed by atoms with Crippen LogP contribution in [0.15, 0.2) is 65.1 Å². The van der Waals surface area contributed by atoms with Gasteiger partial charge in [-0.05, 0) is 54.1 Å². The Balaban J connectivity index is 1.71. The Kier molecular flexibility index (Phi) is 6.41. The molecule has 3 aromatic carbocycles. The molecule has 0 heterocycles. The van der Waals surface area contributed by atoms with Crippen molar-refractivity contribution >= 4 is 44.8 Å². The minimum atomic E-state index is -0.275. The lowest BCUT2D eigenvalue weighted by molar-refractivity contribution is 0.302. The van der Waals surface area contributed by atoms with Crippen LogP contribution in [-0.4, -0.2) is 0 Å². The molecule has 0 atom stereocenters. The van der Waals surface area contributed by atoms with Crippen molar-refractivity contribution in [2.24, 2.45) is 0 Å². The topological polar surface area (TPSA) is 21.3 Å². The Hall–Kier alpha value is -1.75. The van der Waals surface area contributed by atoms with Gasteiger partial charge in [-0.1, -0.05) is 51.3 Å². The van der Waals surface area contributed by atoms with Crippen molar-refractivity contribution in [1.82, 2.24) is 0 Å². The highest BCUT2D eigenvalue weighted by Gasteiger charge is 2.07. The molecule has 6 heteroatoms. The number of hydrogen-bond acceptors (Lipinski definition) is 2. The quantitative estimate of drug-likeness (QED) is 0.429. The van der Waals surface area contributed by atoms with Gasteiger partial charge in [0.1, 0.15) is 18.2 Å². The Morgan fingerprint density at radius 1 is 0.962 bits per heavy atom. The third-order valence-electron chi connectivity index (χ3n) is 3.71. The van der Waals surface area contributed by atoms with Crippen LogP contribution in [0.2, 0.25) is 10.0 Å². The molecule has 134 valence electrons. The van der Waals surface area contributed by atoms with Gasteiger partial charge in [0.25, 0.3) is 0 Å². The average molecular weight is 455 g/mol. The first-order chi connectivity index (χ1) is 12.5. The summed E-state index contributed by atoms with van der Waals surface area (Å²) in [5.74, 6) is 0.452. The van der Waals surface area contributed by atoms with Gasteiger partial charge in [-0.2, -0.15) is 0 Å². The molecule has 0 amide bonds. The molecule has 0 fully saturated rings. The first-order valence-electron chi connectivity index (χ1n) is 7.86. The van der Waals surface area contributed by atoms with E-state index in [4.69, 9.17) is 27.9 Å². The van der Waals surface area contributed by atoms with Gasteiger partial charge >= 0.3 is 0 Å². The van der Waals surface area contributed by atoms with Crippen LogP contribution in [0.5, 0.6) is 5.75 Å². The van der Waals surface area contributed by atoms with Gasteiger partial charge < -0.3 is 10.1 Å². The predicted molar refractivity (Wildman–Crippen MR) is 109 cm³/mol. The smallest absolute Gasteiger partial charge is 0.124 e. The summed E-state index contributed by atoms with van der Waals surface area (Å²) in [6, 6.07) is 17.5. The molecule has 1 N–H and O–H groups in total. The number of anilines is 1. The molecule has 0 aliphatic carbocycles. The zero-order valence-corrected chi connectivity index (χ0v) is 16.7. The fraction of sp³-hybridized carbons (Fsp3) is 0.100. The molecule has 0 aromatic heterocycles. The SMILES string of the molecule is Fc1cccc(COc2ccc(Br)cc2CNc2ccc(Cl)c(Cl)c2)c1. The summed E-state index contributed by atoms with van der Waals surface area (Å²) in [4.78, 5) is 0. The first kappa shape index (κ1) is 19.0. The molecule has 3 rings (SSSR count). The van der Waals surface area contributed by atoms with Crippen LogP contribution < -0.4 is 10.1 Å². The highest BCUT2D eigenvalue weighted by Crippen LogP contribution is 2.28. The van der Waals surface area contributed by atoms with Crippen molar-refractivity contribution in [2.45, 2.75) is 13.2 Å². The highest BCUT2D eigenvalue weighted by atomic mass is 79.9. The highest BCUT2D eigenvalue weighted by molar-refractivity contribution is 9.10. The van der Waals surface area contributed by atoms with Crippen LogP contribution in [0.1, 0.15) is 11.1 Å². The lowest BCUT2D eigenvalue weighted by atomic mass is 10.2. The second-order valence-corrected chi connectivity index (χ2v) is 7.38. The second kappa shape index (κ2) is 8.76. The van der Waals surface area contributed by atoms with E-state index >= 15 is 0 Å². The molecule has 0 unspecified atom stereocenters. The molecule has 2 nitrogen and oxygen atoms in total. The van der Waals surface area contributed by atoms with Crippen LogP contribution in [0.25, 0.3) is 0 Å². The molecular weight excluding hydrogens is 440 g/mol. The van der Waals surface area contributed by atoms with Crippen LogP contribution in [0.3, 0.4) is 0 Å². The van der Waals surface area contributed by atoms with E-state index in [2.05, 4.69) is 21.2 Å². The Labute approximate surface area is 170 Å². The van der Waals surface area contributed by atoms with E-state index in [1.54, 1.807) is 18.2 Å². The summed E-state index contributed by atoms with van der Waals surface area (Å²) in [6.45, 7) is 0.828. The van der Waals surface area contributed by atoms with E-state index in [0.29, 0.717) is 23.2 Å². The van der Waals surface area contributed by atoms with Crippen molar-refractivity contribution in [3.8, 4) is 5.75 Å². The first-order valence-corrected chi connectivity index (χ1v) is 9.41. The number of hydrogen-bond donors (Lipinski definition) is 1. The van der Waals surface area contributed by atoms with Gasteiger partial charge in [-0.25, -0.2) is 4.39 Å². The minimum absolute atomic E-state index is 0.275. The van der Waals surface area contributed by atoms with Crippen LogP contribution in [0, 0.1) is 5.82 Å². The number of ether oxygens (including phenoxy) is 1. The summed E-state index contributed by atoms with van der Waals surface area (Å²) in [7, 11) is 0. The van der Waals surface area contributed by atoms with Gasteiger partial charge in [-0.15, -0.1) is 0 Å². The number of benzene rings is 3. The summed E-state index contributed by atoms with van der Waals surface area (Å²) in [6.07, 6.45) is 0. The largest absolute Gasteiger partial charge is 0.489 e. The fourth-order valence-electron chi connectivity index (χ4n) is 2.42. The van der Waals surface area contributed by atoms with Gasteiger partial charge in [0.05, 0.1) is 10.0 Å². The third-order valence-corrected chi connectivity index (χ3v) is 4.94. The maximum atomic E-state index is 13.3. The molecule has 0 radical (unpaired) electrons. The lowest BCUT2D eigenvalue weighted by Gasteiger charge is -2.14. The summed E-state index contributed by atoms with van der Waals surface area (Å²) in [5, 5.41) is 4.31. The molecule has 0 aliphatic rings. The Morgan fingerprint density at radius 2 is 1.81 bits per heavy atom. The molecule has 3 aromatic rings. The molecule has 0 spiro atoms. The van der Waals surface area contributed by atoms with Crippen molar-refractivity contribution in [3.63, 3.8) is 0 Å². The maximum absolute atomic E-state index is 13.3. The minimum Gasteiger partial charge on any atom is -0.489 e. The molecular formula is C20H15BrCl2FNO. The zero-order valence-electron chi connectivity index (χ0n) is 13.6. The Morgan fingerprint density at radius 3 is 2.58 bits per heavy atom. The summed E-state index contributed by atoms with van der Waals surface area (Å²) < 4.78 is 20.1. The van der Waals surface area contributed by atoms with E-state index in [1.807, 2.05) is 30.3 Å². The van der Waals surface area contributed by atoms with E-state index in [1.165, 1.54) is 12.1 Å². The standard InChI is InChI=1S/C20H15BrCl2FNO/c21-15-4-7-20(26-12-13-2-1-3-16(24)8-13)14(9-15)11-25-17-5-6-18(22)19(23)10-17/h1-10,25H,11-12H2. The van der Waals surface area contributed by atoms with Crippen LogP contribution in [0.4, 0.5) is 10.1 Å². The monoisotopic (exact) mass is 453 g/mol. The molecule has 0 aliphatic heterocycles. The third kappa shape index (κ3) is 5.13. The van der Waals surface area contributed by atoms with E-state index in [0.717, 1.165) is 27.0 Å². The van der Waals surface area contributed by atoms with Crippen molar-refractivity contribution < 1.29 is 9.13 Å². The predicted octanol–water partition coefficient (Wildman–Crippen LogP) is 7.09. The fourth-order valence-corrected chi connectivity index (χ4v) is 3.12. The number of rotatable bonds is 6. The lowest BCUT2D eigenvalue weighted by Crippen LogP contribution is -2.04. The number of halogens is 4. The van der Waals surface area contributed by atoms with Crippen molar-refractivity contribution in [3.05, 3.63) is 92.1 Å². The molecule has 0 saturated heterocycles. The summed E-state index contributed by atoms with van der Waals surface area (Å²) in [5.41, 5.74) is 2.59. The van der Waals surface area contributed by atoms with Gasteiger partial charge in [0.15, 0.2) is 0 Å². The molecule has 0 bridgehead atoms. The second-order valence-electron chi connectivity index (χ2n) is 5.65. The van der Waals surface area contributed by atoms with Gasteiger partial charge in [-0.3, -0.25) is 0 Å². The average Bonchev–Trinajstić information content (AvgIpc) is 2.62. The van der Waals surface area contributed by atoms with Crippen LogP contribution >= 0.6 is 39.1 Å². The van der Waals surface area contributed by atoms with E-state index < -0.39 is 0 Å². The van der Waals surface area contributed by atoms with Gasteiger partial charge in [0, 0.05) is 22.3 Å². The maximum Gasteiger partial charge on any atom is 0.124 e. The van der Waals surface area contributed by atoms with E-state index in [9.17, 15) is 4.39 Å². The van der Waals surface area contributed by atoms with Crippen LogP contribution in [-0.2, 0) is 13.2 Å². The summed E-state index contributed by atoms with van der Waals surface area (Å²) >= 11 is 15.5. The number of nitrogens with one attached hydrogen (secondary N) is 1. The zero-order chi connectivity index (χ0) is 18.5. The Bertz CT molecular complexity index is 920.